The molecule has 1 aromatic carbocycles. The number of nitrogens with one attached hydrogen (secondary N) is 1. The number of carbonyl (C=O) groups is 2. The maximum absolute atomic E-state index is 12.4. The van der Waals surface area contributed by atoms with Crippen LogP contribution in [0.25, 0.3) is 0 Å². The SMILES string of the molecule is C=C(C)COc1ccc(C2(C)NC(=O)N(CC)C2=O)cc1. The third-order valence-corrected chi connectivity index (χ3v) is 3.51. The number of urea groups is 1. The van der Waals surface area contributed by atoms with Gasteiger partial charge in [-0.05, 0) is 44.0 Å². The molecule has 0 radical (unpaired) electrons. The van der Waals surface area contributed by atoms with E-state index >= 15 is 0 Å². The van der Waals surface area contributed by atoms with Crippen LogP contribution in [0.5, 0.6) is 5.75 Å². The number of likely N-dealkylation sites (N-methyl/N-ethyl adjacent to an activating group) is 1. The maximum atomic E-state index is 12.4. The molecule has 3 amide bonds. The van der Waals surface area contributed by atoms with E-state index in [1.54, 1.807) is 38.1 Å². The maximum Gasteiger partial charge on any atom is 0.325 e. The van der Waals surface area contributed by atoms with E-state index in [1.165, 1.54) is 4.90 Å². The summed E-state index contributed by atoms with van der Waals surface area (Å²) in [6.45, 7) is 9.97. The highest BCUT2D eigenvalue weighted by atomic mass is 16.5. The average Bonchev–Trinajstić information content (AvgIpc) is 2.68. The van der Waals surface area contributed by atoms with Gasteiger partial charge < -0.3 is 10.1 Å². The molecule has 0 spiro atoms. The summed E-state index contributed by atoms with van der Waals surface area (Å²) in [5.41, 5.74) is 0.655. The number of rotatable bonds is 5. The minimum atomic E-state index is -1.01. The fraction of sp³-hybridized carbons (Fsp3) is 0.375. The van der Waals surface area contributed by atoms with Crippen molar-refractivity contribution in [2.24, 2.45) is 0 Å². The molecule has 112 valence electrons. The van der Waals surface area contributed by atoms with Crippen LogP contribution in [0.3, 0.4) is 0 Å². The average molecular weight is 288 g/mol. The van der Waals surface area contributed by atoms with Crippen molar-refractivity contribution in [2.45, 2.75) is 26.3 Å². The highest BCUT2D eigenvalue weighted by Crippen LogP contribution is 2.29. The van der Waals surface area contributed by atoms with E-state index in [9.17, 15) is 9.59 Å². The Morgan fingerprint density at radius 1 is 1.33 bits per heavy atom. The van der Waals surface area contributed by atoms with Crippen molar-refractivity contribution in [2.75, 3.05) is 13.2 Å². The molecule has 0 saturated carbocycles. The molecule has 1 saturated heterocycles. The summed E-state index contributed by atoms with van der Waals surface area (Å²) in [6, 6.07) is 6.82. The van der Waals surface area contributed by atoms with Gasteiger partial charge in [-0.2, -0.15) is 0 Å². The Morgan fingerprint density at radius 3 is 2.43 bits per heavy atom. The Kier molecular flexibility index (Phi) is 4.02. The van der Waals surface area contributed by atoms with Crippen LogP contribution in [0.4, 0.5) is 4.79 Å². The van der Waals surface area contributed by atoms with Crippen molar-refractivity contribution in [1.29, 1.82) is 0 Å². The van der Waals surface area contributed by atoms with Gasteiger partial charge in [-0.1, -0.05) is 18.7 Å². The van der Waals surface area contributed by atoms with E-state index in [-0.39, 0.29) is 11.9 Å². The van der Waals surface area contributed by atoms with Gasteiger partial charge in [0, 0.05) is 6.54 Å². The van der Waals surface area contributed by atoms with Gasteiger partial charge in [0.2, 0.25) is 0 Å². The zero-order chi connectivity index (χ0) is 15.6. The predicted molar refractivity (Wildman–Crippen MR) is 80.0 cm³/mol. The monoisotopic (exact) mass is 288 g/mol. The lowest BCUT2D eigenvalue weighted by Gasteiger charge is -2.22. The van der Waals surface area contributed by atoms with E-state index in [4.69, 9.17) is 4.74 Å². The lowest BCUT2D eigenvalue weighted by atomic mass is 9.92. The highest BCUT2D eigenvalue weighted by molar-refractivity contribution is 6.07. The van der Waals surface area contributed by atoms with Crippen molar-refractivity contribution in [1.82, 2.24) is 10.2 Å². The Morgan fingerprint density at radius 2 is 1.95 bits per heavy atom. The molecular weight excluding hydrogens is 268 g/mol. The summed E-state index contributed by atoms with van der Waals surface area (Å²) < 4.78 is 5.53. The zero-order valence-corrected chi connectivity index (χ0v) is 12.6. The van der Waals surface area contributed by atoms with Crippen LogP contribution in [-0.4, -0.2) is 30.0 Å². The second-order valence-electron chi connectivity index (χ2n) is 5.37. The van der Waals surface area contributed by atoms with Crippen LogP contribution >= 0.6 is 0 Å². The van der Waals surface area contributed by atoms with Gasteiger partial charge in [-0.15, -0.1) is 0 Å². The summed E-state index contributed by atoms with van der Waals surface area (Å²) in [5, 5.41) is 2.75. The van der Waals surface area contributed by atoms with Crippen LogP contribution in [0, 0.1) is 0 Å². The van der Waals surface area contributed by atoms with Gasteiger partial charge in [-0.3, -0.25) is 9.69 Å². The second-order valence-corrected chi connectivity index (χ2v) is 5.37. The van der Waals surface area contributed by atoms with E-state index < -0.39 is 5.54 Å². The molecular formula is C16H20N2O3. The first-order chi connectivity index (χ1) is 9.88. The first-order valence-corrected chi connectivity index (χ1v) is 6.90. The van der Waals surface area contributed by atoms with Crippen molar-refractivity contribution in [3.8, 4) is 5.75 Å². The Labute approximate surface area is 124 Å². The van der Waals surface area contributed by atoms with Crippen LogP contribution in [0.15, 0.2) is 36.4 Å². The van der Waals surface area contributed by atoms with Crippen molar-refractivity contribution in [3.63, 3.8) is 0 Å². The summed E-state index contributed by atoms with van der Waals surface area (Å²) in [6.07, 6.45) is 0. The predicted octanol–water partition coefficient (Wildman–Crippen LogP) is 2.43. The third kappa shape index (κ3) is 2.77. The highest BCUT2D eigenvalue weighted by Gasteiger charge is 2.48. The molecule has 0 bridgehead atoms. The summed E-state index contributed by atoms with van der Waals surface area (Å²) >= 11 is 0. The fourth-order valence-electron chi connectivity index (χ4n) is 2.27. The van der Waals surface area contributed by atoms with Gasteiger partial charge in [0.1, 0.15) is 17.9 Å². The Balaban J connectivity index is 2.20. The van der Waals surface area contributed by atoms with E-state index in [0.29, 0.717) is 18.9 Å². The molecule has 0 aromatic heterocycles. The number of hydrogen-bond acceptors (Lipinski definition) is 3. The topological polar surface area (TPSA) is 58.6 Å². The van der Waals surface area contributed by atoms with E-state index in [0.717, 1.165) is 11.1 Å². The molecule has 5 heteroatoms. The lowest BCUT2D eigenvalue weighted by molar-refractivity contribution is -0.130. The molecule has 1 aliphatic rings. The van der Waals surface area contributed by atoms with Crippen LogP contribution in [0.2, 0.25) is 0 Å². The molecule has 21 heavy (non-hydrogen) atoms. The van der Waals surface area contributed by atoms with E-state index in [1.807, 2.05) is 6.92 Å². The normalized spacial score (nSPS) is 21.4. The van der Waals surface area contributed by atoms with Crippen LogP contribution in [-0.2, 0) is 10.3 Å². The van der Waals surface area contributed by atoms with Gasteiger partial charge >= 0.3 is 6.03 Å². The number of benzene rings is 1. The molecule has 1 heterocycles. The molecule has 1 aliphatic heterocycles. The van der Waals surface area contributed by atoms with E-state index in [2.05, 4.69) is 11.9 Å². The second kappa shape index (κ2) is 5.60. The van der Waals surface area contributed by atoms with Gasteiger partial charge in [0.25, 0.3) is 5.91 Å². The molecule has 5 nitrogen and oxygen atoms in total. The minimum absolute atomic E-state index is 0.231. The largest absolute Gasteiger partial charge is 0.489 e. The quantitative estimate of drug-likeness (QED) is 0.668. The van der Waals surface area contributed by atoms with Crippen molar-refractivity contribution >= 4 is 11.9 Å². The lowest BCUT2D eigenvalue weighted by Crippen LogP contribution is -2.40. The minimum Gasteiger partial charge on any atom is -0.489 e. The van der Waals surface area contributed by atoms with Crippen molar-refractivity contribution < 1.29 is 14.3 Å². The summed E-state index contributed by atoms with van der Waals surface area (Å²) in [5.74, 6) is 0.472. The smallest absolute Gasteiger partial charge is 0.325 e. The first-order valence-electron chi connectivity index (χ1n) is 6.90. The van der Waals surface area contributed by atoms with Gasteiger partial charge in [0.05, 0.1) is 0 Å². The number of amides is 3. The third-order valence-electron chi connectivity index (χ3n) is 3.51. The first kappa shape index (κ1) is 15.1. The number of ether oxygens (including phenoxy) is 1. The van der Waals surface area contributed by atoms with Gasteiger partial charge in [0.15, 0.2) is 0 Å². The number of carbonyl (C=O) groups excluding carboxylic acids is 2. The molecule has 2 rings (SSSR count). The molecule has 1 fully saturated rings. The van der Waals surface area contributed by atoms with Crippen molar-refractivity contribution in [3.05, 3.63) is 42.0 Å². The molecule has 1 atom stereocenters. The van der Waals surface area contributed by atoms with Crippen LogP contribution in [0.1, 0.15) is 26.3 Å². The molecule has 1 unspecified atom stereocenters. The molecule has 1 N–H and O–H groups in total. The standard InChI is InChI=1S/C16H20N2O3/c1-5-18-14(19)16(4,17-15(18)20)12-6-8-13(9-7-12)21-10-11(2)3/h6-9H,2,5,10H2,1,3-4H3,(H,17,20). The molecule has 1 aromatic rings. The summed E-state index contributed by atoms with van der Waals surface area (Å²) in [4.78, 5) is 25.4. The van der Waals surface area contributed by atoms with Gasteiger partial charge in [-0.25, -0.2) is 4.79 Å². The Hall–Kier alpha value is -2.30. The van der Waals surface area contributed by atoms with Crippen LogP contribution < -0.4 is 10.1 Å². The zero-order valence-electron chi connectivity index (χ0n) is 12.6. The molecule has 0 aliphatic carbocycles. The number of hydrogen-bond donors (Lipinski definition) is 1. The summed E-state index contributed by atoms with van der Waals surface area (Å²) in [7, 11) is 0. The Bertz CT molecular complexity index is 580. The number of imide groups is 1. The number of nitrogens with zero attached hydrogens (tertiary/aromatic N) is 1. The fourth-order valence-corrected chi connectivity index (χ4v) is 2.27.